The monoisotopic (exact) mass is 316 g/mol. The van der Waals surface area contributed by atoms with Gasteiger partial charge in [0.15, 0.2) is 11.6 Å². The van der Waals surface area contributed by atoms with E-state index in [4.69, 9.17) is 10.3 Å². The van der Waals surface area contributed by atoms with Crippen LogP contribution in [0.1, 0.15) is 0 Å². The van der Waals surface area contributed by atoms with Crippen LogP contribution in [-0.2, 0) is 0 Å². The molecule has 0 fully saturated rings. The summed E-state index contributed by atoms with van der Waals surface area (Å²) in [6, 6.07) is 9.58. The molecule has 0 aliphatic rings. The minimum absolute atomic E-state index is 0.356. The molecule has 94 valence electrons. The molecule has 0 atom stereocenters. The maximum Gasteiger partial charge on any atom is 0.178 e. The van der Waals surface area contributed by atoms with Gasteiger partial charge in [-0.15, -0.1) is 0 Å². The van der Waals surface area contributed by atoms with Gasteiger partial charge in [-0.25, -0.2) is 0 Å². The third kappa shape index (κ3) is 2.22. The van der Waals surface area contributed by atoms with E-state index in [0.29, 0.717) is 11.6 Å². The van der Waals surface area contributed by atoms with Crippen molar-refractivity contribution in [2.45, 2.75) is 0 Å². The van der Waals surface area contributed by atoms with Gasteiger partial charge in [-0.2, -0.15) is 10.2 Å². The average Bonchev–Trinajstić information content (AvgIpc) is 2.83. The summed E-state index contributed by atoms with van der Waals surface area (Å²) in [6.07, 6.45) is 3.21. The predicted molar refractivity (Wildman–Crippen MR) is 75.1 cm³/mol. The van der Waals surface area contributed by atoms with Gasteiger partial charge in [-0.3, -0.25) is 0 Å². The SMILES string of the molecule is Nc1noc(-c2ccnnc2)c1-c1ccc(Br)cc1. The topological polar surface area (TPSA) is 77.8 Å². The average molecular weight is 317 g/mol. The summed E-state index contributed by atoms with van der Waals surface area (Å²) in [6.45, 7) is 0. The molecule has 3 rings (SSSR count). The van der Waals surface area contributed by atoms with E-state index >= 15 is 0 Å². The van der Waals surface area contributed by atoms with E-state index in [0.717, 1.165) is 21.2 Å². The standard InChI is InChI=1S/C13H9BrN4O/c14-10-3-1-8(2-4-10)11-12(19-18-13(11)15)9-5-6-16-17-7-9/h1-7H,(H2,15,18). The van der Waals surface area contributed by atoms with E-state index in [9.17, 15) is 0 Å². The number of benzene rings is 1. The van der Waals surface area contributed by atoms with E-state index < -0.39 is 0 Å². The van der Waals surface area contributed by atoms with Gasteiger partial charge in [-0.1, -0.05) is 33.2 Å². The number of nitrogens with two attached hydrogens (primary N) is 1. The largest absolute Gasteiger partial charge is 0.380 e. The molecule has 5 nitrogen and oxygen atoms in total. The summed E-state index contributed by atoms with van der Waals surface area (Å²) in [7, 11) is 0. The zero-order chi connectivity index (χ0) is 13.2. The van der Waals surface area contributed by atoms with Crippen LogP contribution >= 0.6 is 15.9 Å². The first-order chi connectivity index (χ1) is 9.25. The van der Waals surface area contributed by atoms with E-state index in [2.05, 4.69) is 31.3 Å². The van der Waals surface area contributed by atoms with Crippen molar-refractivity contribution in [3.8, 4) is 22.5 Å². The second kappa shape index (κ2) is 4.81. The fourth-order valence-electron chi connectivity index (χ4n) is 1.82. The van der Waals surface area contributed by atoms with E-state index in [-0.39, 0.29) is 0 Å². The summed E-state index contributed by atoms with van der Waals surface area (Å²) in [5, 5.41) is 11.4. The molecule has 3 aromatic rings. The molecule has 0 unspecified atom stereocenters. The van der Waals surface area contributed by atoms with Gasteiger partial charge in [0, 0.05) is 10.0 Å². The van der Waals surface area contributed by atoms with Crippen LogP contribution < -0.4 is 5.73 Å². The Labute approximate surface area is 117 Å². The maximum absolute atomic E-state index is 5.90. The number of hydrogen-bond acceptors (Lipinski definition) is 5. The van der Waals surface area contributed by atoms with E-state index in [1.165, 1.54) is 0 Å². The lowest BCUT2D eigenvalue weighted by Crippen LogP contribution is -1.89. The lowest BCUT2D eigenvalue weighted by Gasteiger charge is -2.02. The van der Waals surface area contributed by atoms with Gasteiger partial charge < -0.3 is 10.3 Å². The highest BCUT2D eigenvalue weighted by molar-refractivity contribution is 9.10. The molecule has 0 spiro atoms. The Kier molecular flexibility index (Phi) is 3.00. The quantitative estimate of drug-likeness (QED) is 0.785. The zero-order valence-corrected chi connectivity index (χ0v) is 11.3. The number of rotatable bonds is 2. The highest BCUT2D eigenvalue weighted by Crippen LogP contribution is 2.36. The van der Waals surface area contributed by atoms with Crippen molar-refractivity contribution in [3.63, 3.8) is 0 Å². The maximum atomic E-state index is 5.90. The first-order valence-electron chi connectivity index (χ1n) is 5.54. The Morgan fingerprint density at radius 2 is 1.79 bits per heavy atom. The molecule has 0 radical (unpaired) electrons. The Hall–Kier alpha value is -2.21. The molecule has 19 heavy (non-hydrogen) atoms. The summed E-state index contributed by atoms with van der Waals surface area (Å²) >= 11 is 3.40. The highest BCUT2D eigenvalue weighted by atomic mass is 79.9. The molecule has 0 amide bonds. The summed E-state index contributed by atoms with van der Waals surface area (Å²) in [5.74, 6) is 0.948. The Morgan fingerprint density at radius 1 is 1.00 bits per heavy atom. The number of nitrogen functional groups attached to an aromatic ring is 1. The number of hydrogen-bond donors (Lipinski definition) is 1. The van der Waals surface area contributed by atoms with Gasteiger partial charge in [0.1, 0.15) is 0 Å². The van der Waals surface area contributed by atoms with Crippen molar-refractivity contribution >= 4 is 21.7 Å². The number of anilines is 1. The zero-order valence-electron chi connectivity index (χ0n) is 9.75. The van der Waals surface area contributed by atoms with Crippen LogP contribution in [0, 0.1) is 0 Å². The molecule has 6 heteroatoms. The van der Waals surface area contributed by atoms with Crippen molar-refractivity contribution in [3.05, 3.63) is 47.2 Å². The molecule has 2 aromatic heterocycles. The molecule has 0 saturated carbocycles. The third-order valence-corrected chi connectivity index (χ3v) is 3.23. The van der Waals surface area contributed by atoms with E-state index in [1.807, 2.05) is 24.3 Å². The Balaban J connectivity index is 2.17. The van der Waals surface area contributed by atoms with Crippen LogP contribution in [-0.4, -0.2) is 15.4 Å². The van der Waals surface area contributed by atoms with Crippen LogP contribution in [0.5, 0.6) is 0 Å². The predicted octanol–water partition coefficient (Wildman–Crippen LogP) is 3.14. The second-order valence-electron chi connectivity index (χ2n) is 3.91. The molecule has 1 aromatic carbocycles. The molecule has 0 aliphatic heterocycles. The van der Waals surface area contributed by atoms with Crippen molar-refractivity contribution in [1.29, 1.82) is 0 Å². The lowest BCUT2D eigenvalue weighted by molar-refractivity contribution is 0.436. The molecule has 0 aliphatic carbocycles. The van der Waals surface area contributed by atoms with Gasteiger partial charge in [0.05, 0.1) is 18.0 Å². The van der Waals surface area contributed by atoms with Crippen LogP contribution in [0.25, 0.3) is 22.5 Å². The lowest BCUT2D eigenvalue weighted by atomic mass is 10.0. The third-order valence-electron chi connectivity index (χ3n) is 2.70. The van der Waals surface area contributed by atoms with Gasteiger partial charge in [-0.05, 0) is 23.8 Å². The smallest absolute Gasteiger partial charge is 0.178 e. The van der Waals surface area contributed by atoms with E-state index in [1.54, 1.807) is 18.5 Å². The molecule has 0 saturated heterocycles. The van der Waals surface area contributed by atoms with Gasteiger partial charge >= 0.3 is 0 Å². The minimum atomic E-state index is 0.356. The minimum Gasteiger partial charge on any atom is -0.380 e. The van der Waals surface area contributed by atoms with Crippen molar-refractivity contribution in [1.82, 2.24) is 15.4 Å². The first kappa shape index (κ1) is 11.9. The molecule has 2 heterocycles. The highest BCUT2D eigenvalue weighted by Gasteiger charge is 2.17. The molecular weight excluding hydrogens is 308 g/mol. The van der Waals surface area contributed by atoms with Gasteiger partial charge in [0.25, 0.3) is 0 Å². The summed E-state index contributed by atoms with van der Waals surface area (Å²) in [4.78, 5) is 0. The number of halogens is 1. The Morgan fingerprint density at radius 3 is 2.47 bits per heavy atom. The number of aromatic nitrogens is 3. The first-order valence-corrected chi connectivity index (χ1v) is 6.33. The van der Waals surface area contributed by atoms with Gasteiger partial charge in [0.2, 0.25) is 0 Å². The Bertz CT molecular complexity index is 694. The fourth-order valence-corrected chi connectivity index (χ4v) is 2.08. The van der Waals surface area contributed by atoms with Crippen molar-refractivity contribution < 1.29 is 4.52 Å². The van der Waals surface area contributed by atoms with Crippen LogP contribution in [0.4, 0.5) is 5.82 Å². The molecule has 0 bridgehead atoms. The van der Waals surface area contributed by atoms with Crippen molar-refractivity contribution in [2.24, 2.45) is 0 Å². The van der Waals surface area contributed by atoms with Crippen LogP contribution in [0.2, 0.25) is 0 Å². The van der Waals surface area contributed by atoms with Crippen LogP contribution in [0.15, 0.2) is 51.7 Å². The summed E-state index contributed by atoms with van der Waals surface area (Å²) in [5.41, 5.74) is 8.39. The number of nitrogens with zero attached hydrogens (tertiary/aromatic N) is 3. The normalized spacial score (nSPS) is 10.6. The molecule has 2 N–H and O–H groups in total. The fraction of sp³-hybridized carbons (Fsp3) is 0. The summed E-state index contributed by atoms with van der Waals surface area (Å²) < 4.78 is 6.31. The van der Waals surface area contributed by atoms with Crippen LogP contribution in [0.3, 0.4) is 0 Å². The molecular formula is C13H9BrN4O. The second-order valence-corrected chi connectivity index (χ2v) is 4.83. The van der Waals surface area contributed by atoms with Crippen molar-refractivity contribution in [2.75, 3.05) is 5.73 Å².